The molecular weight excluding hydrogens is 364 g/mol. The van der Waals surface area contributed by atoms with Gasteiger partial charge in [-0.1, -0.05) is 5.16 Å². The molecule has 0 amide bonds. The van der Waals surface area contributed by atoms with Crippen LogP contribution in [0.1, 0.15) is 30.3 Å². The van der Waals surface area contributed by atoms with Gasteiger partial charge in [0.25, 0.3) is 10.0 Å². The van der Waals surface area contributed by atoms with Gasteiger partial charge in [0.15, 0.2) is 5.76 Å². The third kappa shape index (κ3) is 2.45. The van der Waals surface area contributed by atoms with Crippen LogP contribution >= 0.6 is 27.3 Å². The molecule has 0 spiro atoms. The van der Waals surface area contributed by atoms with Gasteiger partial charge in [-0.05, 0) is 47.8 Å². The molecule has 1 fully saturated rings. The smallest absolute Gasteiger partial charge is 0.253 e. The normalized spacial score (nSPS) is 20.6. The fraction of sp³-hybridized carbons (Fsp3) is 0.417. The van der Waals surface area contributed by atoms with E-state index in [0.717, 1.165) is 22.3 Å². The van der Waals surface area contributed by atoms with E-state index in [-0.39, 0.29) is 6.04 Å². The van der Waals surface area contributed by atoms with E-state index < -0.39 is 10.0 Å². The van der Waals surface area contributed by atoms with Crippen molar-refractivity contribution in [1.82, 2.24) is 9.46 Å². The molecule has 8 heteroatoms. The molecule has 108 valence electrons. The minimum Gasteiger partial charge on any atom is -0.359 e. The zero-order valence-corrected chi connectivity index (χ0v) is 14.0. The molecule has 0 radical (unpaired) electrons. The molecule has 0 bridgehead atoms. The van der Waals surface area contributed by atoms with Crippen molar-refractivity contribution in [3.63, 3.8) is 0 Å². The Labute approximate surface area is 129 Å². The van der Waals surface area contributed by atoms with Crippen LogP contribution in [-0.4, -0.2) is 24.4 Å². The molecule has 20 heavy (non-hydrogen) atoms. The Morgan fingerprint density at radius 1 is 1.50 bits per heavy atom. The van der Waals surface area contributed by atoms with Gasteiger partial charge in [0.1, 0.15) is 4.21 Å². The molecule has 0 aliphatic carbocycles. The first-order valence-electron chi connectivity index (χ1n) is 6.19. The molecule has 3 rings (SSSR count). The van der Waals surface area contributed by atoms with Gasteiger partial charge in [0, 0.05) is 12.6 Å². The standard InChI is InChI=1S/C12H13BrN2O3S2/c1-8-7-10(18-14-8)9-3-2-6-15(9)20(16,17)12-5-4-11(13)19-12/h4-5,7,9H,2-3,6H2,1H3. The summed E-state index contributed by atoms with van der Waals surface area (Å²) in [6.07, 6.45) is 1.59. The summed E-state index contributed by atoms with van der Waals surface area (Å²) in [4.78, 5) is 0. The molecule has 2 aromatic rings. The summed E-state index contributed by atoms with van der Waals surface area (Å²) in [5.74, 6) is 0.624. The van der Waals surface area contributed by atoms with Crippen molar-refractivity contribution in [3.05, 3.63) is 33.4 Å². The highest BCUT2D eigenvalue weighted by atomic mass is 79.9. The highest BCUT2D eigenvalue weighted by molar-refractivity contribution is 9.11. The zero-order valence-electron chi connectivity index (χ0n) is 10.7. The molecule has 0 saturated carbocycles. The van der Waals surface area contributed by atoms with E-state index in [1.54, 1.807) is 12.1 Å². The van der Waals surface area contributed by atoms with E-state index in [1.807, 2.05) is 13.0 Å². The zero-order chi connectivity index (χ0) is 14.3. The summed E-state index contributed by atoms with van der Waals surface area (Å²) in [5, 5.41) is 3.85. The summed E-state index contributed by atoms with van der Waals surface area (Å²) in [7, 11) is -3.47. The number of hydrogen-bond acceptors (Lipinski definition) is 5. The topological polar surface area (TPSA) is 63.4 Å². The van der Waals surface area contributed by atoms with Crippen LogP contribution < -0.4 is 0 Å². The van der Waals surface area contributed by atoms with Crippen molar-refractivity contribution in [2.45, 2.75) is 30.0 Å². The molecule has 1 aliphatic rings. The minimum absolute atomic E-state index is 0.248. The van der Waals surface area contributed by atoms with E-state index >= 15 is 0 Å². The second-order valence-electron chi connectivity index (χ2n) is 4.70. The average molecular weight is 377 g/mol. The molecule has 1 atom stereocenters. The first-order valence-corrected chi connectivity index (χ1v) is 9.24. The van der Waals surface area contributed by atoms with Crippen LogP contribution in [0.25, 0.3) is 0 Å². The van der Waals surface area contributed by atoms with Gasteiger partial charge in [-0.2, -0.15) is 4.31 Å². The van der Waals surface area contributed by atoms with Crippen molar-refractivity contribution >= 4 is 37.3 Å². The van der Waals surface area contributed by atoms with E-state index in [0.29, 0.717) is 16.5 Å². The van der Waals surface area contributed by atoms with Crippen LogP contribution in [0.3, 0.4) is 0 Å². The van der Waals surface area contributed by atoms with Gasteiger partial charge in [-0.15, -0.1) is 11.3 Å². The minimum atomic E-state index is -3.47. The van der Waals surface area contributed by atoms with Gasteiger partial charge >= 0.3 is 0 Å². The predicted octanol–water partition coefficient (Wildman–Crippen LogP) is 3.33. The Kier molecular flexibility index (Phi) is 3.74. The number of aryl methyl sites for hydroxylation is 1. The molecule has 5 nitrogen and oxygen atoms in total. The first kappa shape index (κ1) is 14.2. The van der Waals surface area contributed by atoms with E-state index in [9.17, 15) is 8.42 Å². The second kappa shape index (κ2) is 5.25. The summed E-state index contributed by atoms with van der Waals surface area (Å²) in [6.45, 7) is 2.35. The molecule has 0 N–H and O–H groups in total. The largest absolute Gasteiger partial charge is 0.359 e. The highest BCUT2D eigenvalue weighted by Crippen LogP contribution is 2.38. The van der Waals surface area contributed by atoms with Gasteiger partial charge in [0.2, 0.25) is 0 Å². The summed E-state index contributed by atoms with van der Waals surface area (Å²) >= 11 is 4.53. The Balaban J connectivity index is 1.96. The lowest BCUT2D eigenvalue weighted by Gasteiger charge is -2.21. The van der Waals surface area contributed by atoms with Crippen LogP contribution in [0, 0.1) is 6.92 Å². The lowest BCUT2D eigenvalue weighted by Crippen LogP contribution is -2.30. The maximum absolute atomic E-state index is 12.7. The van der Waals surface area contributed by atoms with Gasteiger partial charge in [-0.25, -0.2) is 8.42 Å². The molecule has 1 unspecified atom stereocenters. The van der Waals surface area contributed by atoms with Crippen molar-refractivity contribution in [1.29, 1.82) is 0 Å². The van der Waals surface area contributed by atoms with Crippen molar-refractivity contribution in [2.24, 2.45) is 0 Å². The van der Waals surface area contributed by atoms with Crippen LogP contribution in [-0.2, 0) is 10.0 Å². The van der Waals surface area contributed by atoms with E-state index in [4.69, 9.17) is 4.52 Å². The van der Waals surface area contributed by atoms with E-state index in [1.165, 1.54) is 15.6 Å². The monoisotopic (exact) mass is 376 g/mol. The molecule has 2 aromatic heterocycles. The van der Waals surface area contributed by atoms with Crippen molar-refractivity contribution in [3.8, 4) is 0 Å². The van der Waals surface area contributed by atoms with Gasteiger partial charge in [0.05, 0.1) is 15.5 Å². The van der Waals surface area contributed by atoms with Crippen LogP contribution in [0.2, 0.25) is 0 Å². The third-order valence-corrected chi connectivity index (χ3v) is 7.29. The SMILES string of the molecule is Cc1cc(C2CCCN2S(=O)(=O)c2ccc(Br)s2)on1. The lowest BCUT2D eigenvalue weighted by atomic mass is 10.2. The number of nitrogens with zero attached hydrogens (tertiary/aromatic N) is 2. The Bertz CT molecular complexity index is 723. The van der Waals surface area contributed by atoms with Gasteiger partial charge in [-0.3, -0.25) is 0 Å². The molecule has 0 aromatic carbocycles. The summed E-state index contributed by atoms with van der Waals surface area (Å²) < 4.78 is 33.3. The fourth-order valence-corrected chi connectivity index (χ4v) is 6.21. The number of halogens is 1. The van der Waals surface area contributed by atoms with Crippen molar-refractivity contribution < 1.29 is 12.9 Å². The number of thiophene rings is 1. The quantitative estimate of drug-likeness (QED) is 0.823. The third-order valence-electron chi connectivity index (χ3n) is 3.29. The molecule has 1 saturated heterocycles. The molecule has 3 heterocycles. The Morgan fingerprint density at radius 3 is 2.90 bits per heavy atom. The number of rotatable bonds is 3. The van der Waals surface area contributed by atoms with Crippen LogP contribution in [0.4, 0.5) is 0 Å². The number of aromatic nitrogens is 1. The maximum Gasteiger partial charge on any atom is 0.253 e. The number of hydrogen-bond donors (Lipinski definition) is 0. The van der Waals surface area contributed by atoms with E-state index in [2.05, 4.69) is 21.1 Å². The summed E-state index contributed by atoms with van der Waals surface area (Å²) in [6, 6.07) is 4.94. The van der Waals surface area contributed by atoms with Crippen LogP contribution in [0.15, 0.2) is 30.7 Å². The Hall–Kier alpha value is -0.700. The average Bonchev–Trinajstić information content (AvgIpc) is 3.07. The lowest BCUT2D eigenvalue weighted by molar-refractivity contribution is 0.297. The molecule has 1 aliphatic heterocycles. The van der Waals surface area contributed by atoms with Gasteiger partial charge < -0.3 is 4.52 Å². The first-order chi connectivity index (χ1) is 9.48. The number of sulfonamides is 1. The second-order valence-corrected chi connectivity index (χ2v) is 9.28. The van der Waals surface area contributed by atoms with Crippen molar-refractivity contribution in [2.75, 3.05) is 6.54 Å². The fourth-order valence-electron chi connectivity index (χ4n) is 2.40. The highest BCUT2D eigenvalue weighted by Gasteiger charge is 2.38. The predicted molar refractivity (Wildman–Crippen MR) is 79.1 cm³/mol. The maximum atomic E-state index is 12.7. The molecular formula is C12H13BrN2O3S2. The summed E-state index contributed by atoms with van der Waals surface area (Å²) in [5.41, 5.74) is 0.767. The Morgan fingerprint density at radius 2 is 2.30 bits per heavy atom. The van der Waals surface area contributed by atoms with Crippen LogP contribution in [0.5, 0.6) is 0 Å².